The Morgan fingerprint density at radius 3 is 2.71 bits per heavy atom. The first kappa shape index (κ1) is 21.0. The zero-order valence-corrected chi connectivity index (χ0v) is 17.4. The standard InChI is InChI=1S/C23H33FN2O2/c1-16-7-11-19(12-8-17(2)20(24)15-16)21(6-4-5-18-9-10-18)26(3)14-13-22(27)25-23(26)28/h8,11,13-14,16,18,20-21H,4-7,9-10,12,15H2,1-3H3/p+1. The maximum atomic E-state index is 14.4. The molecule has 154 valence electrons. The number of halogens is 1. The Hall–Kier alpha value is -1.75. The highest BCUT2D eigenvalue weighted by Crippen LogP contribution is 2.36. The molecule has 1 aliphatic heterocycles. The third kappa shape index (κ3) is 4.99. The summed E-state index contributed by atoms with van der Waals surface area (Å²) >= 11 is 0. The van der Waals surface area contributed by atoms with Gasteiger partial charge in [-0.25, -0.2) is 19.0 Å². The average Bonchev–Trinajstić information content (AvgIpc) is 3.46. The number of urea groups is 1. The van der Waals surface area contributed by atoms with Crippen LogP contribution in [0.15, 0.2) is 35.6 Å². The molecule has 1 N–H and O–H groups in total. The molecular formula is C23H34FN2O2+. The molecule has 1 heterocycles. The molecule has 0 spiro atoms. The van der Waals surface area contributed by atoms with Crippen LogP contribution in [0.4, 0.5) is 9.18 Å². The molecule has 2 aliphatic carbocycles. The molecule has 3 amide bonds. The summed E-state index contributed by atoms with van der Waals surface area (Å²) in [7, 11) is 1.88. The molecule has 1 saturated carbocycles. The lowest BCUT2D eigenvalue weighted by Crippen LogP contribution is -2.60. The van der Waals surface area contributed by atoms with Crippen molar-refractivity contribution in [2.75, 3.05) is 7.05 Å². The molecule has 5 heteroatoms. The number of quaternary nitrogens is 1. The highest BCUT2D eigenvalue weighted by Gasteiger charge is 2.43. The first-order valence-electron chi connectivity index (χ1n) is 10.7. The van der Waals surface area contributed by atoms with E-state index < -0.39 is 6.17 Å². The first-order valence-corrected chi connectivity index (χ1v) is 10.7. The van der Waals surface area contributed by atoms with Gasteiger partial charge in [0.05, 0.1) is 13.1 Å². The minimum Gasteiger partial charge on any atom is -0.269 e. The van der Waals surface area contributed by atoms with Gasteiger partial charge >= 0.3 is 6.03 Å². The maximum absolute atomic E-state index is 14.4. The number of nitrogens with one attached hydrogen (secondary N) is 1. The van der Waals surface area contributed by atoms with Gasteiger partial charge in [-0.15, -0.1) is 0 Å². The van der Waals surface area contributed by atoms with E-state index in [-0.39, 0.29) is 28.4 Å². The summed E-state index contributed by atoms with van der Waals surface area (Å²) in [6.45, 7) is 3.95. The molecule has 3 aliphatic rings. The first-order chi connectivity index (χ1) is 13.3. The number of allylic oxidation sites excluding steroid dienone is 3. The van der Waals surface area contributed by atoms with Crippen LogP contribution in [0.1, 0.15) is 65.2 Å². The Balaban J connectivity index is 1.89. The zero-order chi connectivity index (χ0) is 20.3. The van der Waals surface area contributed by atoms with E-state index in [2.05, 4.69) is 18.3 Å². The topological polar surface area (TPSA) is 46.2 Å². The number of hydrogen-bond acceptors (Lipinski definition) is 2. The highest BCUT2D eigenvalue weighted by molar-refractivity contribution is 6.00. The summed E-state index contributed by atoms with van der Waals surface area (Å²) in [6, 6.07) is -0.308. The van der Waals surface area contributed by atoms with E-state index in [4.69, 9.17) is 0 Å². The number of rotatable bonds is 6. The minimum atomic E-state index is -0.892. The van der Waals surface area contributed by atoms with Crippen molar-refractivity contribution in [3.8, 4) is 0 Å². The van der Waals surface area contributed by atoms with Crippen molar-refractivity contribution in [1.82, 2.24) is 5.32 Å². The summed E-state index contributed by atoms with van der Waals surface area (Å²) in [4.78, 5) is 24.5. The summed E-state index contributed by atoms with van der Waals surface area (Å²) in [5.41, 5.74) is 1.97. The van der Waals surface area contributed by atoms with Crippen molar-refractivity contribution in [3.05, 3.63) is 35.6 Å². The fraction of sp³-hybridized carbons (Fsp3) is 0.652. The highest BCUT2D eigenvalue weighted by atomic mass is 19.1. The van der Waals surface area contributed by atoms with Crippen LogP contribution >= 0.6 is 0 Å². The van der Waals surface area contributed by atoms with Crippen LogP contribution in [-0.4, -0.2) is 35.7 Å². The van der Waals surface area contributed by atoms with Gasteiger partial charge < -0.3 is 0 Å². The lowest BCUT2D eigenvalue weighted by atomic mass is 9.92. The monoisotopic (exact) mass is 389 g/mol. The smallest absolute Gasteiger partial charge is 0.269 e. The number of carbonyl (C=O) groups is 2. The van der Waals surface area contributed by atoms with Crippen LogP contribution in [0.5, 0.6) is 0 Å². The second-order valence-corrected chi connectivity index (χ2v) is 9.12. The molecule has 0 aromatic rings. The lowest BCUT2D eigenvalue weighted by Gasteiger charge is -2.38. The van der Waals surface area contributed by atoms with Gasteiger partial charge in [0, 0.05) is 6.42 Å². The Morgan fingerprint density at radius 2 is 2.04 bits per heavy atom. The maximum Gasteiger partial charge on any atom is 0.428 e. The summed E-state index contributed by atoms with van der Waals surface area (Å²) in [5, 5.41) is 2.47. The third-order valence-corrected chi connectivity index (χ3v) is 6.61. The van der Waals surface area contributed by atoms with Gasteiger partial charge in [-0.3, -0.25) is 4.79 Å². The van der Waals surface area contributed by atoms with Gasteiger partial charge in [0.1, 0.15) is 18.4 Å². The summed E-state index contributed by atoms with van der Waals surface area (Å²) in [5.74, 6) is 0.754. The molecule has 1 fully saturated rings. The predicted molar refractivity (Wildman–Crippen MR) is 109 cm³/mol. The number of carbonyl (C=O) groups excluding carboxylic acids is 2. The number of imide groups is 1. The molecule has 4 unspecified atom stereocenters. The average molecular weight is 390 g/mol. The molecule has 0 aromatic heterocycles. The van der Waals surface area contributed by atoms with Crippen molar-refractivity contribution in [2.45, 2.75) is 77.4 Å². The zero-order valence-electron chi connectivity index (χ0n) is 17.4. The SMILES string of the molecule is CC1=CCC(C(CCCC2CC2)[N+]2(C)C=CC(=O)NC2=O)=CCC(C)CC1F. The van der Waals surface area contributed by atoms with Crippen molar-refractivity contribution >= 4 is 11.9 Å². The number of likely N-dealkylation sites (N-methyl/N-ethyl adjacent to an activating group) is 1. The number of amides is 3. The van der Waals surface area contributed by atoms with Gasteiger partial charge in [0.25, 0.3) is 5.91 Å². The summed E-state index contributed by atoms with van der Waals surface area (Å²) < 4.78 is 14.5. The number of alkyl halides is 1. The largest absolute Gasteiger partial charge is 0.428 e. The van der Waals surface area contributed by atoms with E-state index in [1.807, 2.05) is 20.0 Å². The molecule has 0 bridgehead atoms. The van der Waals surface area contributed by atoms with E-state index >= 15 is 0 Å². The second kappa shape index (κ2) is 8.73. The van der Waals surface area contributed by atoms with E-state index in [0.29, 0.717) is 12.8 Å². The fourth-order valence-corrected chi connectivity index (χ4v) is 4.36. The van der Waals surface area contributed by atoms with Crippen LogP contribution < -0.4 is 5.32 Å². The van der Waals surface area contributed by atoms with E-state index in [1.165, 1.54) is 30.9 Å². The number of hydrogen-bond donors (Lipinski definition) is 1. The van der Waals surface area contributed by atoms with E-state index in [0.717, 1.165) is 30.8 Å². The molecule has 0 aromatic carbocycles. The normalized spacial score (nSPS) is 32.6. The molecular weight excluding hydrogens is 355 g/mol. The fourth-order valence-electron chi connectivity index (χ4n) is 4.36. The van der Waals surface area contributed by atoms with Crippen LogP contribution in [0, 0.1) is 11.8 Å². The Kier molecular flexibility index (Phi) is 6.54. The van der Waals surface area contributed by atoms with Gasteiger partial charge in [0.2, 0.25) is 0 Å². The molecule has 0 radical (unpaired) electrons. The van der Waals surface area contributed by atoms with Gasteiger partial charge in [-0.05, 0) is 55.6 Å². The van der Waals surface area contributed by atoms with Crippen LogP contribution in [0.3, 0.4) is 0 Å². The second-order valence-electron chi connectivity index (χ2n) is 9.12. The number of nitrogens with zero attached hydrogens (tertiary/aromatic N) is 1. The molecule has 4 atom stereocenters. The molecule has 4 nitrogen and oxygen atoms in total. The van der Waals surface area contributed by atoms with Crippen molar-refractivity contribution in [2.24, 2.45) is 11.8 Å². The quantitative estimate of drug-likeness (QED) is 0.503. The van der Waals surface area contributed by atoms with Crippen molar-refractivity contribution in [1.29, 1.82) is 0 Å². The molecule has 28 heavy (non-hydrogen) atoms. The van der Waals surface area contributed by atoms with E-state index in [1.54, 1.807) is 6.20 Å². The Morgan fingerprint density at radius 1 is 1.29 bits per heavy atom. The molecule has 3 rings (SSSR count). The lowest BCUT2D eigenvalue weighted by molar-refractivity contribution is -0.800. The van der Waals surface area contributed by atoms with Gasteiger partial charge in [-0.2, -0.15) is 0 Å². The predicted octanol–water partition coefficient (Wildman–Crippen LogP) is 5.18. The Bertz CT molecular complexity index is 707. The van der Waals surface area contributed by atoms with Crippen LogP contribution in [0.2, 0.25) is 0 Å². The van der Waals surface area contributed by atoms with Crippen molar-refractivity contribution < 1.29 is 18.5 Å². The third-order valence-electron chi connectivity index (χ3n) is 6.61. The van der Waals surface area contributed by atoms with Gasteiger partial charge in [0.15, 0.2) is 0 Å². The van der Waals surface area contributed by atoms with Crippen LogP contribution in [0.25, 0.3) is 0 Å². The summed E-state index contributed by atoms with van der Waals surface area (Å²) in [6.07, 6.45) is 14.4. The molecule has 0 saturated heterocycles. The minimum absolute atomic E-state index is 0.0319. The van der Waals surface area contributed by atoms with Crippen molar-refractivity contribution in [3.63, 3.8) is 0 Å². The Labute approximate surface area is 168 Å². The van der Waals surface area contributed by atoms with Gasteiger partial charge in [-0.1, -0.05) is 38.3 Å². The van der Waals surface area contributed by atoms with Crippen LogP contribution in [-0.2, 0) is 4.79 Å². The van der Waals surface area contributed by atoms with E-state index in [9.17, 15) is 14.0 Å².